The van der Waals surface area contributed by atoms with Gasteiger partial charge in [-0.15, -0.1) is 0 Å². The van der Waals surface area contributed by atoms with E-state index in [0.717, 1.165) is 6.42 Å². The lowest BCUT2D eigenvalue weighted by Crippen LogP contribution is -2.33. The minimum absolute atomic E-state index is 0.559. The standard InChI is InChI=1S/C11H21N3/c1-5-9(2)11(12-3)6-10-7-13-14(4)8-10/h7-9,11-12H,5-6H2,1-4H3. The molecule has 14 heavy (non-hydrogen) atoms. The third-order valence-electron chi connectivity index (χ3n) is 2.92. The Kier molecular flexibility index (Phi) is 4.14. The fraction of sp³-hybridized carbons (Fsp3) is 0.727. The normalized spacial score (nSPS) is 15.4. The summed E-state index contributed by atoms with van der Waals surface area (Å²) in [5, 5.41) is 7.55. The first-order valence-electron chi connectivity index (χ1n) is 5.32. The SMILES string of the molecule is CCC(C)C(Cc1cnn(C)c1)NC. The molecule has 1 rings (SSSR count). The van der Waals surface area contributed by atoms with Gasteiger partial charge in [0.2, 0.25) is 0 Å². The van der Waals surface area contributed by atoms with Gasteiger partial charge in [-0.1, -0.05) is 20.3 Å². The van der Waals surface area contributed by atoms with Gasteiger partial charge < -0.3 is 5.32 Å². The van der Waals surface area contributed by atoms with Gasteiger partial charge in [-0.25, -0.2) is 0 Å². The van der Waals surface area contributed by atoms with Crippen LogP contribution >= 0.6 is 0 Å². The molecule has 0 spiro atoms. The zero-order valence-corrected chi connectivity index (χ0v) is 9.62. The molecular weight excluding hydrogens is 174 g/mol. The highest BCUT2D eigenvalue weighted by Gasteiger charge is 2.14. The Morgan fingerprint density at radius 1 is 1.57 bits per heavy atom. The van der Waals surface area contributed by atoms with Crippen LogP contribution in [0, 0.1) is 5.92 Å². The van der Waals surface area contributed by atoms with Gasteiger partial charge in [-0.2, -0.15) is 5.10 Å². The maximum absolute atomic E-state index is 4.18. The van der Waals surface area contributed by atoms with Crippen molar-refractivity contribution >= 4 is 0 Å². The quantitative estimate of drug-likeness (QED) is 0.773. The van der Waals surface area contributed by atoms with E-state index in [-0.39, 0.29) is 0 Å². The van der Waals surface area contributed by atoms with E-state index in [1.165, 1.54) is 12.0 Å². The van der Waals surface area contributed by atoms with Gasteiger partial charge in [0, 0.05) is 19.3 Å². The summed E-state index contributed by atoms with van der Waals surface area (Å²) in [5.41, 5.74) is 1.31. The smallest absolute Gasteiger partial charge is 0.0522 e. The molecule has 1 heterocycles. The Balaban J connectivity index is 2.56. The summed E-state index contributed by atoms with van der Waals surface area (Å²) in [4.78, 5) is 0. The molecule has 0 saturated heterocycles. The van der Waals surface area contributed by atoms with Crippen molar-refractivity contribution in [3.8, 4) is 0 Å². The fourth-order valence-electron chi connectivity index (χ4n) is 1.70. The first-order valence-corrected chi connectivity index (χ1v) is 5.32. The number of nitrogens with one attached hydrogen (secondary N) is 1. The van der Waals surface area contributed by atoms with Crippen LogP contribution in [-0.2, 0) is 13.5 Å². The lowest BCUT2D eigenvalue weighted by Gasteiger charge is -2.21. The molecule has 0 aromatic carbocycles. The van der Waals surface area contributed by atoms with Gasteiger partial charge in [0.05, 0.1) is 6.20 Å². The second kappa shape index (κ2) is 5.15. The molecule has 0 aliphatic heterocycles. The van der Waals surface area contributed by atoms with Gasteiger partial charge in [-0.05, 0) is 24.9 Å². The number of likely N-dealkylation sites (N-methyl/N-ethyl adjacent to an activating group) is 1. The number of nitrogens with zero attached hydrogens (tertiary/aromatic N) is 2. The largest absolute Gasteiger partial charge is 0.316 e. The third-order valence-corrected chi connectivity index (χ3v) is 2.92. The van der Waals surface area contributed by atoms with Crippen LogP contribution in [0.5, 0.6) is 0 Å². The van der Waals surface area contributed by atoms with Crippen LogP contribution < -0.4 is 5.32 Å². The van der Waals surface area contributed by atoms with E-state index in [2.05, 4.69) is 30.5 Å². The van der Waals surface area contributed by atoms with Crippen LogP contribution in [0.1, 0.15) is 25.8 Å². The summed E-state index contributed by atoms with van der Waals surface area (Å²) in [6.07, 6.45) is 6.32. The van der Waals surface area contributed by atoms with Crippen LogP contribution in [-0.4, -0.2) is 22.9 Å². The average molecular weight is 195 g/mol. The molecule has 0 aliphatic rings. The molecular formula is C11H21N3. The van der Waals surface area contributed by atoms with E-state index >= 15 is 0 Å². The Morgan fingerprint density at radius 2 is 2.29 bits per heavy atom. The summed E-state index contributed by atoms with van der Waals surface area (Å²) in [6, 6.07) is 0.559. The Bertz CT molecular complexity index is 267. The number of aryl methyl sites for hydroxylation is 1. The molecule has 2 unspecified atom stereocenters. The van der Waals surface area contributed by atoms with Gasteiger partial charge in [0.25, 0.3) is 0 Å². The molecule has 1 aromatic rings. The Hall–Kier alpha value is -0.830. The lowest BCUT2D eigenvalue weighted by atomic mass is 9.94. The van der Waals surface area contributed by atoms with Crippen LogP contribution in [0.4, 0.5) is 0 Å². The van der Waals surface area contributed by atoms with Crippen molar-refractivity contribution in [2.45, 2.75) is 32.7 Å². The molecule has 0 saturated carbocycles. The molecule has 0 fully saturated rings. The number of hydrogen-bond donors (Lipinski definition) is 1. The zero-order valence-electron chi connectivity index (χ0n) is 9.62. The summed E-state index contributed by atoms with van der Waals surface area (Å²) in [7, 11) is 3.99. The van der Waals surface area contributed by atoms with E-state index in [1.807, 2.05) is 25.0 Å². The molecule has 3 heteroatoms. The van der Waals surface area contributed by atoms with Crippen molar-refractivity contribution in [2.24, 2.45) is 13.0 Å². The Labute approximate surface area is 86.5 Å². The van der Waals surface area contributed by atoms with E-state index in [0.29, 0.717) is 12.0 Å². The van der Waals surface area contributed by atoms with Crippen molar-refractivity contribution < 1.29 is 0 Å². The fourth-order valence-corrected chi connectivity index (χ4v) is 1.70. The molecule has 3 nitrogen and oxygen atoms in total. The third kappa shape index (κ3) is 2.84. The highest BCUT2D eigenvalue weighted by molar-refractivity contribution is 5.06. The number of hydrogen-bond acceptors (Lipinski definition) is 2. The molecule has 1 N–H and O–H groups in total. The monoisotopic (exact) mass is 195 g/mol. The summed E-state index contributed by atoms with van der Waals surface area (Å²) < 4.78 is 1.86. The van der Waals surface area contributed by atoms with Crippen molar-refractivity contribution in [2.75, 3.05) is 7.05 Å². The molecule has 0 radical (unpaired) electrons. The molecule has 0 amide bonds. The van der Waals surface area contributed by atoms with E-state index < -0.39 is 0 Å². The predicted octanol–water partition coefficient (Wildman–Crippen LogP) is 1.60. The second-order valence-corrected chi connectivity index (χ2v) is 4.01. The lowest BCUT2D eigenvalue weighted by molar-refractivity contribution is 0.386. The summed E-state index contributed by atoms with van der Waals surface area (Å²) in [6.45, 7) is 4.52. The van der Waals surface area contributed by atoms with Crippen LogP contribution in [0.2, 0.25) is 0 Å². The van der Waals surface area contributed by atoms with Crippen molar-refractivity contribution in [1.82, 2.24) is 15.1 Å². The molecule has 0 bridgehead atoms. The molecule has 2 atom stereocenters. The minimum atomic E-state index is 0.559. The minimum Gasteiger partial charge on any atom is -0.316 e. The van der Waals surface area contributed by atoms with E-state index in [1.54, 1.807) is 0 Å². The van der Waals surface area contributed by atoms with E-state index in [9.17, 15) is 0 Å². The summed E-state index contributed by atoms with van der Waals surface area (Å²) >= 11 is 0. The molecule has 80 valence electrons. The van der Waals surface area contributed by atoms with Gasteiger partial charge >= 0.3 is 0 Å². The van der Waals surface area contributed by atoms with Crippen LogP contribution in [0.25, 0.3) is 0 Å². The van der Waals surface area contributed by atoms with Crippen LogP contribution in [0.15, 0.2) is 12.4 Å². The number of rotatable bonds is 5. The van der Waals surface area contributed by atoms with Crippen molar-refractivity contribution in [3.05, 3.63) is 18.0 Å². The van der Waals surface area contributed by atoms with E-state index in [4.69, 9.17) is 0 Å². The van der Waals surface area contributed by atoms with Crippen molar-refractivity contribution in [3.63, 3.8) is 0 Å². The van der Waals surface area contributed by atoms with Crippen LogP contribution in [0.3, 0.4) is 0 Å². The summed E-state index contributed by atoms with van der Waals surface area (Å²) in [5.74, 6) is 0.709. The zero-order chi connectivity index (χ0) is 10.6. The first-order chi connectivity index (χ1) is 6.67. The maximum Gasteiger partial charge on any atom is 0.0522 e. The molecule has 1 aromatic heterocycles. The highest BCUT2D eigenvalue weighted by Crippen LogP contribution is 2.12. The average Bonchev–Trinajstić information content (AvgIpc) is 2.59. The number of aromatic nitrogens is 2. The van der Waals surface area contributed by atoms with Gasteiger partial charge in [0.1, 0.15) is 0 Å². The first kappa shape index (κ1) is 11.2. The second-order valence-electron chi connectivity index (χ2n) is 4.01. The van der Waals surface area contributed by atoms with Gasteiger partial charge in [0.15, 0.2) is 0 Å². The maximum atomic E-state index is 4.18. The predicted molar refractivity (Wildman–Crippen MR) is 59.2 cm³/mol. The van der Waals surface area contributed by atoms with Crippen molar-refractivity contribution in [1.29, 1.82) is 0 Å². The Morgan fingerprint density at radius 3 is 2.71 bits per heavy atom. The highest BCUT2D eigenvalue weighted by atomic mass is 15.2. The topological polar surface area (TPSA) is 29.9 Å². The molecule has 0 aliphatic carbocycles. The van der Waals surface area contributed by atoms with Gasteiger partial charge in [-0.3, -0.25) is 4.68 Å².